The molecule has 0 aromatic heterocycles. The number of carbonyl (C=O) groups is 1. The Morgan fingerprint density at radius 1 is 1.14 bits per heavy atom. The van der Waals surface area contributed by atoms with Gasteiger partial charge in [0.1, 0.15) is 9.57 Å². The van der Waals surface area contributed by atoms with E-state index in [1.807, 2.05) is 61.5 Å². The van der Waals surface area contributed by atoms with E-state index in [0.29, 0.717) is 10.9 Å². The van der Waals surface area contributed by atoms with Crippen LogP contribution in [0.3, 0.4) is 0 Å². The molecular formula is C17H16N2OS2. The number of rotatable bonds is 4. The summed E-state index contributed by atoms with van der Waals surface area (Å²) in [4.78, 5) is 14.2. The van der Waals surface area contributed by atoms with Crippen molar-refractivity contribution in [1.29, 1.82) is 0 Å². The summed E-state index contributed by atoms with van der Waals surface area (Å²) < 4.78 is 0.619. The van der Waals surface area contributed by atoms with Crippen LogP contribution in [0.4, 0.5) is 11.4 Å². The fourth-order valence-electron chi connectivity index (χ4n) is 2.28. The number of anilines is 2. The molecule has 3 nitrogen and oxygen atoms in total. The third-order valence-electron chi connectivity index (χ3n) is 3.48. The Morgan fingerprint density at radius 2 is 1.82 bits per heavy atom. The van der Waals surface area contributed by atoms with Crippen LogP contribution in [0.15, 0.2) is 54.6 Å². The Morgan fingerprint density at radius 3 is 2.50 bits per heavy atom. The predicted molar refractivity (Wildman–Crippen MR) is 97.6 cm³/mol. The minimum atomic E-state index is -0.186. The third kappa shape index (κ3) is 3.15. The first-order chi connectivity index (χ1) is 10.6. The fourth-order valence-corrected chi connectivity index (χ4v) is 3.74. The minimum Gasteiger partial charge on any atom is -0.383 e. The normalized spacial score (nSPS) is 17.9. The van der Waals surface area contributed by atoms with Crippen LogP contribution in [0.25, 0.3) is 0 Å². The second-order valence-corrected chi connectivity index (χ2v) is 6.97. The van der Waals surface area contributed by atoms with E-state index < -0.39 is 0 Å². The Kier molecular flexibility index (Phi) is 4.45. The van der Waals surface area contributed by atoms with E-state index in [9.17, 15) is 4.79 Å². The van der Waals surface area contributed by atoms with Gasteiger partial charge in [-0.15, -0.1) is 0 Å². The number of hydrogen-bond acceptors (Lipinski definition) is 4. The summed E-state index contributed by atoms with van der Waals surface area (Å²) in [6.45, 7) is 2.59. The highest BCUT2D eigenvalue weighted by molar-refractivity contribution is 8.25. The van der Waals surface area contributed by atoms with Crippen LogP contribution in [-0.4, -0.2) is 22.0 Å². The van der Waals surface area contributed by atoms with Crippen LogP contribution < -0.4 is 10.2 Å². The van der Waals surface area contributed by atoms with Crippen molar-refractivity contribution in [3.05, 3.63) is 60.2 Å². The molecule has 3 rings (SSSR count). The van der Waals surface area contributed by atoms with Crippen molar-refractivity contribution in [3.8, 4) is 0 Å². The van der Waals surface area contributed by atoms with Crippen molar-refractivity contribution in [3.63, 3.8) is 0 Å². The number of para-hydroxylation sites is 1. The molecule has 22 heavy (non-hydrogen) atoms. The predicted octanol–water partition coefficient (Wildman–Crippen LogP) is 3.84. The third-order valence-corrected chi connectivity index (χ3v) is 4.99. The molecule has 1 aliphatic rings. The molecule has 0 aliphatic carbocycles. The van der Waals surface area contributed by atoms with Crippen LogP contribution in [-0.2, 0) is 4.79 Å². The highest BCUT2D eigenvalue weighted by atomic mass is 32.2. The van der Waals surface area contributed by atoms with Gasteiger partial charge in [-0.05, 0) is 31.2 Å². The van der Waals surface area contributed by atoms with E-state index in [2.05, 4.69) is 5.32 Å². The molecule has 112 valence electrons. The molecule has 1 fully saturated rings. The van der Waals surface area contributed by atoms with Crippen molar-refractivity contribution in [2.45, 2.75) is 12.2 Å². The Hall–Kier alpha value is -1.85. The summed E-state index contributed by atoms with van der Waals surface area (Å²) >= 11 is 6.83. The molecule has 2 aromatic carbocycles. The maximum Gasteiger partial charge on any atom is 0.247 e. The number of benzene rings is 2. The number of thioether (sulfide) groups is 1. The smallest absolute Gasteiger partial charge is 0.247 e. The van der Waals surface area contributed by atoms with Crippen molar-refractivity contribution in [2.24, 2.45) is 0 Å². The van der Waals surface area contributed by atoms with E-state index in [0.717, 1.165) is 16.9 Å². The van der Waals surface area contributed by atoms with E-state index in [1.54, 1.807) is 4.90 Å². The summed E-state index contributed by atoms with van der Waals surface area (Å²) in [7, 11) is 0. The number of carbonyl (C=O) groups excluding carboxylic acids is 1. The Labute approximate surface area is 139 Å². The Balaban J connectivity index is 1.70. The first-order valence-electron chi connectivity index (χ1n) is 7.05. The van der Waals surface area contributed by atoms with Gasteiger partial charge in [-0.1, -0.05) is 59.9 Å². The summed E-state index contributed by atoms with van der Waals surface area (Å²) in [5.74, 6) is 0.0438. The van der Waals surface area contributed by atoms with E-state index in [4.69, 9.17) is 12.2 Å². The lowest BCUT2D eigenvalue weighted by Crippen LogP contribution is -2.33. The van der Waals surface area contributed by atoms with E-state index >= 15 is 0 Å². The van der Waals surface area contributed by atoms with Crippen molar-refractivity contribution < 1.29 is 4.79 Å². The van der Waals surface area contributed by atoms with Crippen LogP contribution in [0.5, 0.6) is 0 Å². The maximum absolute atomic E-state index is 12.6. The summed E-state index contributed by atoms with van der Waals surface area (Å²) in [6.07, 6.45) is 0. The molecule has 1 N–H and O–H groups in total. The first-order valence-corrected chi connectivity index (χ1v) is 8.34. The lowest BCUT2D eigenvalue weighted by Gasteiger charge is -2.16. The molecule has 0 saturated carbocycles. The second kappa shape index (κ2) is 6.50. The second-order valence-electron chi connectivity index (χ2n) is 5.13. The largest absolute Gasteiger partial charge is 0.383 e. The topological polar surface area (TPSA) is 32.3 Å². The molecule has 0 bridgehead atoms. The fraction of sp³-hybridized carbons (Fsp3) is 0.176. The van der Waals surface area contributed by atoms with Crippen LogP contribution in [0.2, 0.25) is 0 Å². The summed E-state index contributed by atoms with van der Waals surface area (Å²) in [5.41, 5.74) is 3.02. The van der Waals surface area contributed by atoms with E-state index in [1.165, 1.54) is 11.8 Å². The summed E-state index contributed by atoms with van der Waals surface area (Å²) in [6, 6.07) is 17.7. The molecule has 0 spiro atoms. The van der Waals surface area contributed by atoms with Crippen LogP contribution >= 0.6 is 24.0 Å². The zero-order valence-electron chi connectivity index (χ0n) is 12.2. The first kappa shape index (κ1) is 15.1. The van der Waals surface area contributed by atoms with Crippen LogP contribution in [0.1, 0.15) is 5.56 Å². The molecule has 1 amide bonds. The molecule has 1 aliphatic heterocycles. The van der Waals surface area contributed by atoms with Gasteiger partial charge < -0.3 is 5.32 Å². The molecule has 5 heteroatoms. The standard InChI is InChI=1S/C17H16N2OS2/c1-12-7-9-14(10-8-12)19-16(20)15(22-17(19)21)11-18-13-5-3-2-4-6-13/h2-10,15,18H,11H2,1H3. The average Bonchev–Trinajstić information content (AvgIpc) is 2.82. The van der Waals surface area contributed by atoms with E-state index in [-0.39, 0.29) is 11.2 Å². The van der Waals surface area contributed by atoms with Gasteiger partial charge in [-0.2, -0.15) is 0 Å². The molecule has 1 heterocycles. The number of thiocarbonyl (C=S) groups is 1. The number of amides is 1. The molecule has 1 atom stereocenters. The lowest BCUT2D eigenvalue weighted by molar-refractivity contribution is -0.116. The van der Waals surface area contributed by atoms with Gasteiger partial charge in [0.25, 0.3) is 0 Å². The summed E-state index contributed by atoms with van der Waals surface area (Å²) in [5, 5.41) is 3.10. The average molecular weight is 328 g/mol. The molecule has 0 radical (unpaired) electrons. The van der Waals surface area contributed by atoms with Crippen LogP contribution in [0, 0.1) is 6.92 Å². The van der Waals surface area contributed by atoms with Gasteiger partial charge in [-0.3, -0.25) is 9.69 Å². The lowest BCUT2D eigenvalue weighted by atomic mass is 10.2. The van der Waals surface area contributed by atoms with Gasteiger partial charge in [0.2, 0.25) is 5.91 Å². The number of aryl methyl sites for hydroxylation is 1. The highest BCUT2D eigenvalue weighted by Gasteiger charge is 2.37. The van der Waals surface area contributed by atoms with Crippen molar-refractivity contribution in [2.75, 3.05) is 16.8 Å². The highest BCUT2D eigenvalue weighted by Crippen LogP contribution is 2.32. The molecule has 1 saturated heterocycles. The zero-order valence-corrected chi connectivity index (χ0v) is 13.8. The van der Waals surface area contributed by atoms with Gasteiger partial charge in [0.05, 0.1) is 5.69 Å². The zero-order chi connectivity index (χ0) is 15.5. The van der Waals surface area contributed by atoms with Gasteiger partial charge in [0, 0.05) is 12.2 Å². The monoisotopic (exact) mass is 328 g/mol. The van der Waals surface area contributed by atoms with Crippen molar-refractivity contribution in [1.82, 2.24) is 0 Å². The quantitative estimate of drug-likeness (QED) is 0.864. The Bertz CT molecular complexity index is 686. The number of nitrogens with one attached hydrogen (secondary N) is 1. The van der Waals surface area contributed by atoms with Gasteiger partial charge >= 0.3 is 0 Å². The number of nitrogens with zero attached hydrogens (tertiary/aromatic N) is 1. The minimum absolute atomic E-state index is 0.0438. The molecule has 2 aromatic rings. The number of hydrogen-bond donors (Lipinski definition) is 1. The molecular weight excluding hydrogens is 312 g/mol. The van der Waals surface area contributed by atoms with Gasteiger partial charge in [-0.25, -0.2) is 0 Å². The van der Waals surface area contributed by atoms with Gasteiger partial charge in [0.15, 0.2) is 0 Å². The molecule has 1 unspecified atom stereocenters. The maximum atomic E-state index is 12.6. The SMILES string of the molecule is Cc1ccc(N2C(=O)C(CNc3ccccc3)SC2=S)cc1. The van der Waals surface area contributed by atoms with Crippen molar-refractivity contribution >= 4 is 45.6 Å².